The van der Waals surface area contributed by atoms with Crippen molar-refractivity contribution in [3.63, 3.8) is 0 Å². The second-order valence-corrected chi connectivity index (χ2v) is 7.08. The molecular formula is C16H33Cl2N3O. The van der Waals surface area contributed by atoms with Gasteiger partial charge in [-0.2, -0.15) is 0 Å². The third kappa shape index (κ3) is 7.03. The first-order valence-electron chi connectivity index (χ1n) is 8.30. The quantitative estimate of drug-likeness (QED) is 0.815. The maximum absolute atomic E-state index is 12.2. The summed E-state index contributed by atoms with van der Waals surface area (Å²) in [6, 6.07) is 0.272. The van der Waals surface area contributed by atoms with Crippen LogP contribution in [0.2, 0.25) is 0 Å². The molecule has 1 amide bonds. The number of rotatable bonds is 4. The fraction of sp³-hybridized carbons (Fsp3) is 0.938. The minimum Gasteiger partial charge on any atom is -0.351 e. The molecule has 0 aromatic heterocycles. The molecule has 2 heterocycles. The molecule has 0 spiro atoms. The van der Waals surface area contributed by atoms with Crippen molar-refractivity contribution in [3.8, 4) is 0 Å². The van der Waals surface area contributed by atoms with E-state index in [-0.39, 0.29) is 42.8 Å². The number of likely N-dealkylation sites (tertiary alicyclic amines) is 1. The van der Waals surface area contributed by atoms with E-state index < -0.39 is 0 Å². The number of hydrogen-bond acceptors (Lipinski definition) is 3. The molecule has 2 aliphatic heterocycles. The van der Waals surface area contributed by atoms with Crippen LogP contribution in [0.25, 0.3) is 0 Å². The highest BCUT2D eigenvalue weighted by Crippen LogP contribution is 2.20. The van der Waals surface area contributed by atoms with Crippen molar-refractivity contribution in [2.45, 2.75) is 58.5 Å². The molecule has 4 nitrogen and oxygen atoms in total. The van der Waals surface area contributed by atoms with E-state index in [1.54, 1.807) is 0 Å². The number of carbonyl (C=O) groups is 1. The van der Waals surface area contributed by atoms with Gasteiger partial charge in [0.25, 0.3) is 0 Å². The van der Waals surface area contributed by atoms with Crippen LogP contribution in [0.5, 0.6) is 0 Å². The number of nitrogens with one attached hydrogen (secondary N) is 2. The summed E-state index contributed by atoms with van der Waals surface area (Å²) in [5.41, 5.74) is 0. The van der Waals surface area contributed by atoms with Gasteiger partial charge in [-0.05, 0) is 44.6 Å². The molecule has 0 aromatic carbocycles. The van der Waals surface area contributed by atoms with Gasteiger partial charge in [-0.3, -0.25) is 4.79 Å². The second kappa shape index (κ2) is 10.7. The summed E-state index contributed by atoms with van der Waals surface area (Å²) in [6.45, 7) is 11.1. The van der Waals surface area contributed by atoms with E-state index in [1.165, 1.54) is 32.4 Å². The molecule has 2 saturated heterocycles. The van der Waals surface area contributed by atoms with Gasteiger partial charge >= 0.3 is 0 Å². The van der Waals surface area contributed by atoms with Crippen LogP contribution in [0.15, 0.2) is 0 Å². The van der Waals surface area contributed by atoms with Crippen LogP contribution in [0.4, 0.5) is 0 Å². The fourth-order valence-corrected chi connectivity index (χ4v) is 3.79. The average Bonchev–Trinajstić information content (AvgIpc) is 2.38. The largest absolute Gasteiger partial charge is 0.351 e. The Balaban J connectivity index is 0.00000220. The first kappa shape index (κ1) is 22.0. The van der Waals surface area contributed by atoms with Gasteiger partial charge in [0.15, 0.2) is 0 Å². The Morgan fingerprint density at radius 2 is 1.86 bits per heavy atom. The minimum atomic E-state index is 0. The molecule has 6 heteroatoms. The maximum Gasteiger partial charge on any atom is 0.237 e. The van der Waals surface area contributed by atoms with Gasteiger partial charge in [-0.1, -0.05) is 20.3 Å². The summed E-state index contributed by atoms with van der Waals surface area (Å²) in [7, 11) is 0. The van der Waals surface area contributed by atoms with Crippen LogP contribution >= 0.6 is 24.8 Å². The van der Waals surface area contributed by atoms with E-state index in [0.29, 0.717) is 0 Å². The Labute approximate surface area is 148 Å². The van der Waals surface area contributed by atoms with Crippen LogP contribution in [0.3, 0.4) is 0 Å². The summed E-state index contributed by atoms with van der Waals surface area (Å²) in [5.74, 6) is 1.75. The van der Waals surface area contributed by atoms with Crippen LogP contribution in [0.1, 0.15) is 46.5 Å². The van der Waals surface area contributed by atoms with Crippen molar-refractivity contribution in [2.24, 2.45) is 11.8 Å². The molecule has 0 aromatic rings. The molecule has 2 rings (SSSR count). The van der Waals surface area contributed by atoms with E-state index in [9.17, 15) is 4.79 Å². The lowest BCUT2D eigenvalue weighted by molar-refractivity contribution is -0.124. The normalized spacial score (nSPS) is 30.6. The first-order valence-corrected chi connectivity index (χ1v) is 8.30. The standard InChI is InChI=1S/C16H31N3O.2ClH/c1-12-8-13(2)10-19(9-12)11-14(3)18-16(20)15-6-4-5-7-17-15;;/h12-15,17H,4-11H2,1-3H3,(H,18,20);2*1H/t12?,13?,14?,15-;;/m1../s1. The zero-order valence-corrected chi connectivity index (χ0v) is 15.8. The average molecular weight is 354 g/mol. The van der Waals surface area contributed by atoms with E-state index in [2.05, 4.69) is 36.3 Å². The predicted molar refractivity (Wildman–Crippen MR) is 97.1 cm³/mol. The van der Waals surface area contributed by atoms with Gasteiger partial charge in [-0.15, -0.1) is 24.8 Å². The summed E-state index contributed by atoms with van der Waals surface area (Å²) in [5, 5.41) is 6.50. The Hall–Kier alpha value is -0.0300. The fourth-order valence-electron chi connectivity index (χ4n) is 3.79. The van der Waals surface area contributed by atoms with Crippen molar-refractivity contribution in [1.29, 1.82) is 0 Å². The first-order chi connectivity index (χ1) is 9.54. The van der Waals surface area contributed by atoms with Crippen LogP contribution in [-0.2, 0) is 4.79 Å². The van der Waals surface area contributed by atoms with Gasteiger partial charge in [0.1, 0.15) is 0 Å². The van der Waals surface area contributed by atoms with Gasteiger partial charge < -0.3 is 15.5 Å². The Morgan fingerprint density at radius 3 is 2.41 bits per heavy atom. The molecule has 0 bridgehead atoms. The van der Waals surface area contributed by atoms with Crippen molar-refractivity contribution in [1.82, 2.24) is 15.5 Å². The zero-order chi connectivity index (χ0) is 14.5. The lowest BCUT2D eigenvalue weighted by Crippen LogP contribution is -2.52. The van der Waals surface area contributed by atoms with E-state index in [4.69, 9.17) is 0 Å². The molecule has 0 saturated carbocycles. The Morgan fingerprint density at radius 1 is 1.23 bits per heavy atom. The van der Waals surface area contributed by atoms with E-state index in [1.807, 2.05) is 0 Å². The maximum atomic E-state index is 12.2. The molecular weight excluding hydrogens is 321 g/mol. The van der Waals surface area contributed by atoms with Crippen molar-refractivity contribution < 1.29 is 4.79 Å². The summed E-state index contributed by atoms with van der Waals surface area (Å²) in [4.78, 5) is 14.7. The van der Waals surface area contributed by atoms with Gasteiger partial charge in [0.05, 0.1) is 6.04 Å². The Kier molecular flexibility index (Phi) is 10.7. The van der Waals surface area contributed by atoms with E-state index >= 15 is 0 Å². The number of piperidine rings is 2. The topological polar surface area (TPSA) is 44.4 Å². The number of halogens is 2. The molecule has 0 radical (unpaired) electrons. The highest BCUT2D eigenvalue weighted by atomic mass is 35.5. The van der Waals surface area contributed by atoms with Gasteiger partial charge in [0.2, 0.25) is 5.91 Å². The predicted octanol–water partition coefficient (Wildman–Crippen LogP) is 2.45. The summed E-state index contributed by atoms with van der Waals surface area (Å²) in [6.07, 6.45) is 4.68. The highest BCUT2D eigenvalue weighted by molar-refractivity contribution is 5.85. The van der Waals surface area contributed by atoms with Crippen molar-refractivity contribution in [3.05, 3.63) is 0 Å². The molecule has 2 aliphatic rings. The van der Waals surface area contributed by atoms with Gasteiger partial charge in [-0.25, -0.2) is 0 Å². The number of hydrogen-bond donors (Lipinski definition) is 2. The minimum absolute atomic E-state index is 0. The number of amides is 1. The third-order valence-corrected chi connectivity index (χ3v) is 4.49. The van der Waals surface area contributed by atoms with Crippen LogP contribution < -0.4 is 10.6 Å². The van der Waals surface area contributed by atoms with Crippen molar-refractivity contribution in [2.75, 3.05) is 26.2 Å². The van der Waals surface area contributed by atoms with Crippen LogP contribution in [-0.4, -0.2) is 49.1 Å². The number of nitrogens with zero attached hydrogens (tertiary/aromatic N) is 1. The van der Waals surface area contributed by atoms with Crippen molar-refractivity contribution >= 4 is 30.7 Å². The lowest BCUT2D eigenvalue weighted by atomic mass is 9.91. The lowest BCUT2D eigenvalue weighted by Gasteiger charge is -2.36. The molecule has 2 N–H and O–H groups in total. The second-order valence-electron chi connectivity index (χ2n) is 7.08. The zero-order valence-electron chi connectivity index (χ0n) is 14.1. The van der Waals surface area contributed by atoms with Crippen LogP contribution in [0, 0.1) is 11.8 Å². The monoisotopic (exact) mass is 353 g/mol. The molecule has 4 atom stereocenters. The Bertz CT molecular complexity index is 315. The summed E-state index contributed by atoms with van der Waals surface area (Å²) >= 11 is 0. The summed E-state index contributed by atoms with van der Waals surface area (Å²) < 4.78 is 0. The smallest absolute Gasteiger partial charge is 0.237 e. The third-order valence-electron chi connectivity index (χ3n) is 4.49. The number of carbonyl (C=O) groups excluding carboxylic acids is 1. The highest BCUT2D eigenvalue weighted by Gasteiger charge is 2.25. The molecule has 0 aliphatic carbocycles. The molecule has 22 heavy (non-hydrogen) atoms. The molecule has 3 unspecified atom stereocenters. The molecule has 132 valence electrons. The molecule has 2 fully saturated rings. The SMILES string of the molecule is CC1CC(C)CN(CC(C)NC(=O)[C@H]2CCCCN2)C1.Cl.Cl. The van der Waals surface area contributed by atoms with Gasteiger partial charge in [0, 0.05) is 25.7 Å². The van der Waals surface area contributed by atoms with E-state index in [0.717, 1.165) is 31.3 Å².